The fourth-order valence-electron chi connectivity index (χ4n) is 5.06. The summed E-state index contributed by atoms with van der Waals surface area (Å²) < 4.78 is 27.2. The van der Waals surface area contributed by atoms with Gasteiger partial charge in [0.05, 0.1) is 27.7 Å². The van der Waals surface area contributed by atoms with Crippen molar-refractivity contribution in [3.05, 3.63) is 81.5 Å². The first-order valence-corrected chi connectivity index (χ1v) is 15.1. The third kappa shape index (κ3) is 5.19. The van der Waals surface area contributed by atoms with Gasteiger partial charge in [0.1, 0.15) is 0 Å². The van der Waals surface area contributed by atoms with E-state index in [4.69, 9.17) is 0 Å². The second kappa shape index (κ2) is 10.5. The number of hydrogen-bond acceptors (Lipinski definition) is 6. The largest absolute Gasteiger partial charge is 0.304 e. The number of benzene rings is 2. The number of nitrogens with one attached hydrogen (secondary N) is 2. The molecular formula is C29H29N5O2S2. The molecule has 0 unspecified atom stereocenters. The SMILES string of the molecule is CN1CCN(Cc2ccc3c(c2)Cc2c(-c4csc(C#CCNS(=O)(=O)c5ccccc5)c4)n[nH]c2-3)CC1. The van der Waals surface area contributed by atoms with Gasteiger partial charge in [0, 0.05) is 61.2 Å². The first-order valence-electron chi connectivity index (χ1n) is 12.7. The Morgan fingerprint density at radius 2 is 1.89 bits per heavy atom. The van der Waals surface area contributed by atoms with E-state index < -0.39 is 10.0 Å². The van der Waals surface area contributed by atoms with Gasteiger partial charge in [0.15, 0.2) is 0 Å². The van der Waals surface area contributed by atoms with Crippen molar-refractivity contribution in [3.8, 4) is 34.4 Å². The van der Waals surface area contributed by atoms with E-state index in [0.29, 0.717) is 0 Å². The van der Waals surface area contributed by atoms with Gasteiger partial charge in [-0.25, -0.2) is 8.42 Å². The Bertz CT molecular complexity index is 1620. The zero-order valence-corrected chi connectivity index (χ0v) is 22.8. The minimum absolute atomic E-state index is 0.0496. The molecule has 2 aromatic heterocycles. The summed E-state index contributed by atoms with van der Waals surface area (Å²) >= 11 is 1.54. The van der Waals surface area contributed by atoms with Crippen LogP contribution in [0.15, 0.2) is 64.9 Å². The summed E-state index contributed by atoms with van der Waals surface area (Å²) in [5.41, 5.74) is 8.28. The van der Waals surface area contributed by atoms with Crippen LogP contribution in [-0.2, 0) is 23.0 Å². The Labute approximate surface area is 227 Å². The number of H-pyrrole nitrogens is 1. The van der Waals surface area contributed by atoms with Crippen LogP contribution >= 0.6 is 11.3 Å². The maximum atomic E-state index is 12.3. The van der Waals surface area contributed by atoms with Gasteiger partial charge in [-0.2, -0.15) is 9.82 Å². The molecule has 2 aliphatic rings. The van der Waals surface area contributed by atoms with Gasteiger partial charge in [-0.3, -0.25) is 10.00 Å². The fraction of sp³-hybridized carbons (Fsp3) is 0.276. The molecule has 0 saturated carbocycles. The molecule has 1 aliphatic heterocycles. The predicted molar refractivity (Wildman–Crippen MR) is 151 cm³/mol. The lowest BCUT2D eigenvalue weighted by atomic mass is 10.0. The molecule has 9 heteroatoms. The van der Waals surface area contributed by atoms with Crippen molar-refractivity contribution >= 4 is 21.4 Å². The maximum Gasteiger partial charge on any atom is 0.241 e. The maximum absolute atomic E-state index is 12.3. The molecule has 1 aliphatic carbocycles. The predicted octanol–water partition coefficient (Wildman–Crippen LogP) is 3.79. The van der Waals surface area contributed by atoms with Gasteiger partial charge >= 0.3 is 0 Å². The molecule has 0 radical (unpaired) electrons. The van der Waals surface area contributed by atoms with Gasteiger partial charge in [-0.1, -0.05) is 48.2 Å². The Morgan fingerprint density at radius 3 is 2.71 bits per heavy atom. The highest BCUT2D eigenvalue weighted by Gasteiger charge is 2.26. The summed E-state index contributed by atoms with van der Waals surface area (Å²) in [4.78, 5) is 6.03. The topological polar surface area (TPSA) is 81.3 Å². The molecule has 38 heavy (non-hydrogen) atoms. The number of thiophene rings is 1. The molecule has 1 saturated heterocycles. The fourth-order valence-corrected chi connectivity index (χ4v) is 6.76. The van der Waals surface area contributed by atoms with E-state index in [2.05, 4.69) is 67.2 Å². The van der Waals surface area contributed by atoms with Crippen molar-refractivity contribution in [1.29, 1.82) is 0 Å². The van der Waals surface area contributed by atoms with Crippen molar-refractivity contribution < 1.29 is 8.42 Å². The van der Waals surface area contributed by atoms with E-state index in [0.717, 1.165) is 61.0 Å². The molecule has 0 spiro atoms. The van der Waals surface area contributed by atoms with Crippen molar-refractivity contribution in [2.24, 2.45) is 0 Å². The first-order chi connectivity index (χ1) is 18.5. The summed E-state index contributed by atoms with van der Waals surface area (Å²) in [6.07, 6.45) is 0.866. The Hall–Kier alpha value is -3.26. The highest BCUT2D eigenvalue weighted by molar-refractivity contribution is 7.89. The van der Waals surface area contributed by atoms with E-state index in [-0.39, 0.29) is 11.4 Å². The van der Waals surface area contributed by atoms with E-state index in [1.807, 2.05) is 6.07 Å². The van der Waals surface area contributed by atoms with Crippen LogP contribution in [0.2, 0.25) is 0 Å². The molecule has 3 heterocycles. The summed E-state index contributed by atoms with van der Waals surface area (Å²) in [5, 5.41) is 9.97. The molecule has 0 amide bonds. The molecular weight excluding hydrogens is 514 g/mol. The van der Waals surface area contributed by atoms with Crippen LogP contribution < -0.4 is 4.72 Å². The number of likely N-dealkylation sites (N-methyl/N-ethyl adjacent to an activating group) is 1. The van der Waals surface area contributed by atoms with E-state index >= 15 is 0 Å². The normalized spacial score (nSPS) is 15.6. The van der Waals surface area contributed by atoms with Crippen LogP contribution in [0.1, 0.15) is 21.6 Å². The molecule has 4 aromatic rings. The van der Waals surface area contributed by atoms with Crippen LogP contribution in [0.4, 0.5) is 0 Å². The summed E-state index contributed by atoms with van der Waals surface area (Å²) in [6, 6.07) is 17.2. The molecule has 0 bridgehead atoms. The molecule has 2 N–H and O–H groups in total. The minimum atomic E-state index is -3.56. The average molecular weight is 544 g/mol. The van der Waals surface area contributed by atoms with E-state index in [1.165, 1.54) is 33.6 Å². The van der Waals surface area contributed by atoms with Crippen molar-refractivity contribution in [1.82, 2.24) is 24.7 Å². The second-order valence-corrected chi connectivity index (χ2v) is 12.5. The molecule has 0 atom stereocenters. The Morgan fingerprint density at radius 1 is 1.08 bits per heavy atom. The zero-order valence-electron chi connectivity index (χ0n) is 21.2. The molecule has 7 nitrogen and oxygen atoms in total. The summed E-state index contributed by atoms with van der Waals surface area (Å²) in [5.74, 6) is 6.01. The first kappa shape index (κ1) is 25.0. The lowest BCUT2D eigenvalue weighted by Gasteiger charge is -2.32. The Balaban J connectivity index is 1.12. The van der Waals surface area contributed by atoms with Gasteiger partial charge < -0.3 is 4.90 Å². The minimum Gasteiger partial charge on any atom is -0.304 e. The lowest BCUT2D eigenvalue weighted by Crippen LogP contribution is -2.43. The van der Waals surface area contributed by atoms with Gasteiger partial charge in [-0.05, 0) is 36.4 Å². The number of piperazine rings is 1. The zero-order chi connectivity index (χ0) is 26.1. The van der Waals surface area contributed by atoms with Crippen LogP contribution in [0, 0.1) is 11.8 Å². The van der Waals surface area contributed by atoms with E-state index in [9.17, 15) is 8.42 Å². The number of hydrogen-bond donors (Lipinski definition) is 2. The van der Waals surface area contributed by atoms with Crippen LogP contribution in [0.5, 0.6) is 0 Å². The number of sulfonamides is 1. The highest BCUT2D eigenvalue weighted by Crippen LogP contribution is 2.41. The smallest absolute Gasteiger partial charge is 0.241 e. The molecule has 6 rings (SSSR count). The monoisotopic (exact) mass is 543 g/mol. The lowest BCUT2D eigenvalue weighted by molar-refractivity contribution is 0.148. The third-order valence-electron chi connectivity index (χ3n) is 7.16. The average Bonchev–Trinajstić information content (AvgIpc) is 3.64. The highest BCUT2D eigenvalue weighted by atomic mass is 32.2. The second-order valence-electron chi connectivity index (χ2n) is 9.81. The number of fused-ring (bicyclic) bond motifs is 3. The van der Waals surface area contributed by atoms with Crippen LogP contribution in [-0.4, -0.2) is 68.2 Å². The van der Waals surface area contributed by atoms with Crippen molar-refractivity contribution in [2.45, 2.75) is 17.9 Å². The number of aromatic nitrogens is 2. The number of aromatic amines is 1. The van der Waals surface area contributed by atoms with Crippen LogP contribution in [0.3, 0.4) is 0 Å². The summed E-state index contributed by atoms with van der Waals surface area (Å²) in [6.45, 7) is 5.52. The van der Waals surface area contributed by atoms with Crippen molar-refractivity contribution in [2.75, 3.05) is 39.8 Å². The van der Waals surface area contributed by atoms with E-state index in [1.54, 1.807) is 30.3 Å². The van der Waals surface area contributed by atoms with Gasteiger partial charge in [-0.15, -0.1) is 11.3 Å². The van der Waals surface area contributed by atoms with Gasteiger partial charge in [0.25, 0.3) is 0 Å². The van der Waals surface area contributed by atoms with Crippen molar-refractivity contribution in [3.63, 3.8) is 0 Å². The van der Waals surface area contributed by atoms with Crippen LogP contribution in [0.25, 0.3) is 22.5 Å². The number of rotatable bonds is 6. The number of nitrogens with zero attached hydrogens (tertiary/aromatic N) is 3. The molecule has 1 fully saturated rings. The Kier molecular flexibility index (Phi) is 6.91. The summed E-state index contributed by atoms with van der Waals surface area (Å²) in [7, 11) is -1.37. The molecule has 2 aromatic carbocycles. The standard InChI is InChI=1S/C29H29N5O2S2/c1-33-12-14-34(15-13-33)19-21-9-10-26-22(16-21)18-27-28(31-32-29(26)27)23-17-24(37-20-23)6-5-11-30-38(35,36)25-7-3-2-4-8-25/h2-4,7-10,16-17,20,30H,11-15,18-19H2,1H3,(H,31,32). The quantitative estimate of drug-likeness (QED) is 0.319. The van der Waals surface area contributed by atoms with Gasteiger partial charge in [0.2, 0.25) is 10.0 Å². The molecule has 194 valence electrons. The third-order valence-corrected chi connectivity index (χ3v) is 9.43.